The first-order valence-electron chi connectivity index (χ1n) is 8.95. The van der Waals surface area contributed by atoms with Crippen LogP contribution in [0, 0.1) is 13.8 Å². The van der Waals surface area contributed by atoms with Crippen molar-refractivity contribution in [2.45, 2.75) is 57.7 Å². The Balaban J connectivity index is 0.000000345. The van der Waals surface area contributed by atoms with Crippen molar-refractivity contribution < 1.29 is 37.1 Å². The predicted molar refractivity (Wildman–Crippen MR) is 92.8 cm³/mol. The molecule has 10 heteroatoms. The third-order valence-electron chi connectivity index (χ3n) is 4.80. The largest absolute Gasteiger partial charge is 0.490 e. The molecule has 0 aromatic carbocycles. The number of carbonyl (C=O) groups is 1. The summed E-state index contributed by atoms with van der Waals surface area (Å²) >= 11 is 0. The number of nitrogens with zero attached hydrogens (tertiary/aromatic N) is 2. The minimum atomic E-state index is -5.08. The lowest BCUT2D eigenvalue weighted by atomic mass is 10.0. The number of aromatic nitrogens is 1. The molecule has 7 nitrogen and oxygen atoms in total. The number of carboxylic acid groups (broad SMARTS) is 1. The lowest BCUT2D eigenvalue weighted by Gasteiger charge is -2.32. The minimum absolute atomic E-state index is 0.133. The summed E-state index contributed by atoms with van der Waals surface area (Å²) in [6.45, 7) is 10.9. The fourth-order valence-electron chi connectivity index (χ4n) is 3.45. The van der Waals surface area contributed by atoms with E-state index in [2.05, 4.69) is 16.6 Å². The number of hydrogen-bond donors (Lipinski definition) is 1. The third-order valence-corrected chi connectivity index (χ3v) is 4.80. The lowest BCUT2D eigenvalue weighted by Crippen LogP contribution is -2.41. The zero-order valence-corrected chi connectivity index (χ0v) is 15.9. The van der Waals surface area contributed by atoms with Crippen LogP contribution in [0.5, 0.6) is 0 Å². The normalized spacial score (nSPS) is 25.0. The second-order valence-corrected chi connectivity index (χ2v) is 6.74. The molecular weight excluding hydrogens is 381 g/mol. The van der Waals surface area contributed by atoms with E-state index in [0.717, 1.165) is 37.6 Å². The van der Waals surface area contributed by atoms with Crippen LogP contribution in [-0.4, -0.2) is 65.3 Å². The number of alkyl halides is 3. The average Bonchev–Trinajstić information content (AvgIpc) is 3.15. The second-order valence-electron chi connectivity index (χ2n) is 6.74. The van der Waals surface area contributed by atoms with Crippen molar-refractivity contribution in [1.29, 1.82) is 0 Å². The van der Waals surface area contributed by atoms with Crippen LogP contribution in [0.25, 0.3) is 0 Å². The van der Waals surface area contributed by atoms with Gasteiger partial charge in [0, 0.05) is 31.3 Å². The highest BCUT2D eigenvalue weighted by Gasteiger charge is 2.44. The summed E-state index contributed by atoms with van der Waals surface area (Å²) in [7, 11) is 0. The lowest BCUT2D eigenvalue weighted by molar-refractivity contribution is -0.192. The van der Waals surface area contributed by atoms with Crippen LogP contribution >= 0.6 is 0 Å². The fraction of sp³-hybridized carbons (Fsp3) is 0.667. The molecule has 1 aromatic heterocycles. The quantitative estimate of drug-likeness (QED) is 0.753. The molecule has 2 aliphatic heterocycles. The van der Waals surface area contributed by atoms with Gasteiger partial charge in [-0.05, 0) is 26.7 Å². The van der Waals surface area contributed by atoms with E-state index in [0.29, 0.717) is 12.6 Å². The Hall–Kier alpha value is -1.91. The molecule has 2 fully saturated rings. The van der Waals surface area contributed by atoms with E-state index >= 15 is 0 Å². The average molecular weight is 406 g/mol. The number of halogens is 3. The summed E-state index contributed by atoms with van der Waals surface area (Å²) in [4.78, 5) is 11.4. The molecule has 28 heavy (non-hydrogen) atoms. The number of aryl methyl sites for hydroxylation is 2. The van der Waals surface area contributed by atoms with Gasteiger partial charge in [0.2, 0.25) is 0 Å². The molecule has 0 aliphatic carbocycles. The molecule has 3 heterocycles. The van der Waals surface area contributed by atoms with Gasteiger partial charge in [-0.3, -0.25) is 4.90 Å². The highest BCUT2D eigenvalue weighted by atomic mass is 19.4. The summed E-state index contributed by atoms with van der Waals surface area (Å²) in [5.41, 5.74) is 2.18. The molecule has 0 spiro atoms. The van der Waals surface area contributed by atoms with Crippen LogP contribution in [0.15, 0.2) is 17.2 Å². The van der Waals surface area contributed by atoms with Gasteiger partial charge in [-0.15, -0.1) is 6.58 Å². The van der Waals surface area contributed by atoms with Crippen LogP contribution in [-0.2, 0) is 20.8 Å². The Morgan fingerprint density at radius 2 is 2.14 bits per heavy atom. The van der Waals surface area contributed by atoms with Crippen LogP contribution in [0.2, 0.25) is 0 Å². The topological polar surface area (TPSA) is 85.0 Å². The molecule has 2 saturated heterocycles. The van der Waals surface area contributed by atoms with E-state index < -0.39 is 12.1 Å². The number of carboxylic acids is 1. The molecule has 0 unspecified atom stereocenters. The maximum absolute atomic E-state index is 10.6. The second kappa shape index (κ2) is 9.53. The highest BCUT2D eigenvalue weighted by Crippen LogP contribution is 2.32. The monoisotopic (exact) mass is 406 g/mol. The van der Waals surface area contributed by atoms with Gasteiger partial charge in [0.1, 0.15) is 11.9 Å². The number of aliphatic carboxylic acids is 1. The van der Waals surface area contributed by atoms with Gasteiger partial charge in [0.05, 0.1) is 18.4 Å². The molecule has 0 radical (unpaired) electrons. The van der Waals surface area contributed by atoms with Crippen molar-refractivity contribution >= 4 is 5.97 Å². The van der Waals surface area contributed by atoms with E-state index in [4.69, 9.17) is 23.9 Å². The van der Waals surface area contributed by atoms with E-state index in [1.807, 2.05) is 13.8 Å². The predicted octanol–water partition coefficient (Wildman–Crippen LogP) is 2.86. The number of rotatable bonds is 5. The number of hydrogen-bond acceptors (Lipinski definition) is 6. The fourth-order valence-corrected chi connectivity index (χ4v) is 3.45. The summed E-state index contributed by atoms with van der Waals surface area (Å²) in [6, 6.07) is 0.433. The van der Waals surface area contributed by atoms with Crippen molar-refractivity contribution in [3.05, 3.63) is 29.7 Å². The molecular formula is C18H25F3N2O5. The van der Waals surface area contributed by atoms with Gasteiger partial charge >= 0.3 is 12.1 Å². The highest BCUT2D eigenvalue weighted by molar-refractivity contribution is 5.73. The third kappa shape index (κ3) is 5.55. The van der Waals surface area contributed by atoms with Gasteiger partial charge in [0.25, 0.3) is 0 Å². The molecule has 3 rings (SSSR count). The molecule has 158 valence electrons. The van der Waals surface area contributed by atoms with Crippen molar-refractivity contribution in [1.82, 2.24) is 10.1 Å². The Bertz CT molecular complexity index is 657. The first-order valence-corrected chi connectivity index (χ1v) is 8.95. The Morgan fingerprint density at radius 3 is 2.68 bits per heavy atom. The summed E-state index contributed by atoms with van der Waals surface area (Å²) < 4.78 is 48.9. The van der Waals surface area contributed by atoms with Crippen molar-refractivity contribution in [3.63, 3.8) is 0 Å². The number of ether oxygens (including phenoxy) is 2. The molecule has 0 amide bonds. The zero-order valence-electron chi connectivity index (χ0n) is 15.9. The molecule has 1 N–H and O–H groups in total. The summed E-state index contributed by atoms with van der Waals surface area (Å²) in [5, 5.41) is 11.2. The van der Waals surface area contributed by atoms with Gasteiger partial charge in [-0.25, -0.2) is 4.79 Å². The zero-order chi connectivity index (χ0) is 20.9. The first-order chi connectivity index (χ1) is 13.1. The maximum Gasteiger partial charge on any atom is 0.490 e. The van der Waals surface area contributed by atoms with Gasteiger partial charge < -0.3 is 19.1 Å². The smallest absolute Gasteiger partial charge is 0.475 e. The van der Waals surface area contributed by atoms with Crippen LogP contribution in [0.3, 0.4) is 0 Å². The van der Waals surface area contributed by atoms with E-state index in [9.17, 15) is 13.2 Å². The Kier molecular flexibility index (Phi) is 7.62. The Morgan fingerprint density at radius 1 is 1.46 bits per heavy atom. The SMILES string of the molecule is C=CCO[C@H]1CN(Cc2c(C)noc2C)[C@@H]2CCCO[C@H]12.O=C(O)C(F)(F)F. The summed E-state index contributed by atoms with van der Waals surface area (Å²) in [6.07, 6.45) is -0.683. The van der Waals surface area contributed by atoms with E-state index in [1.165, 1.54) is 12.0 Å². The minimum Gasteiger partial charge on any atom is -0.475 e. The molecule has 0 bridgehead atoms. The molecule has 1 aromatic rings. The molecule has 2 aliphatic rings. The Labute approximate surface area is 161 Å². The van der Waals surface area contributed by atoms with Crippen molar-refractivity contribution in [2.75, 3.05) is 19.8 Å². The van der Waals surface area contributed by atoms with Crippen molar-refractivity contribution in [3.8, 4) is 0 Å². The van der Waals surface area contributed by atoms with Crippen LogP contribution < -0.4 is 0 Å². The molecule has 3 atom stereocenters. The van der Waals surface area contributed by atoms with E-state index in [1.54, 1.807) is 6.08 Å². The summed E-state index contributed by atoms with van der Waals surface area (Å²) in [5.74, 6) is -1.84. The van der Waals surface area contributed by atoms with E-state index in [-0.39, 0.29) is 12.2 Å². The standard InChI is InChI=1S/C16H24N2O3.C2HF3O2/c1-4-7-19-15-10-18(14-6-5-8-20-16(14)15)9-13-11(2)17-21-12(13)3;3-2(4,5)1(6)7/h4,14-16H,1,5-10H2,2-3H3;(H,6,7)/t14-,15+,16+;/m1./s1. The van der Waals surface area contributed by atoms with Gasteiger partial charge in [-0.2, -0.15) is 13.2 Å². The van der Waals surface area contributed by atoms with Gasteiger partial charge in [0.15, 0.2) is 0 Å². The van der Waals surface area contributed by atoms with Crippen LogP contribution in [0.1, 0.15) is 29.9 Å². The van der Waals surface area contributed by atoms with Gasteiger partial charge in [-0.1, -0.05) is 11.2 Å². The van der Waals surface area contributed by atoms with Crippen molar-refractivity contribution in [2.24, 2.45) is 0 Å². The maximum atomic E-state index is 10.6. The first kappa shape index (κ1) is 22.4. The molecule has 0 saturated carbocycles. The van der Waals surface area contributed by atoms with Crippen LogP contribution in [0.4, 0.5) is 13.2 Å². The number of likely N-dealkylation sites (tertiary alicyclic amines) is 1. The number of fused-ring (bicyclic) bond motifs is 1.